The summed E-state index contributed by atoms with van der Waals surface area (Å²) in [6, 6.07) is -0.0811. The molecule has 1 heterocycles. The number of halogens is 2. The van der Waals surface area contributed by atoms with Gasteiger partial charge in [-0.05, 0) is 40.7 Å². The SMILES string of the molecule is CC(C)N1CCC(C(=O)N(C(C)C)C(F)F)C1. The molecule has 0 spiro atoms. The van der Waals surface area contributed by atoms with Crippen molar-refractivity contribution in [1.29, 1.82) is 0 Å². The van der Waals surface area contributed by atoms with E-state index in [1.165, 1.54) is 0 Å². The first-order valence-corrected chi connectivity index (χ1v) is 6.19. The van der Waals surface area contributed by atoms with Gasteiger partial charge in [-0.3, -0.25) is 9.69 Å². The Balaban J connectivity index is 2.64. The maximum Gasteiger partial charge on any atom is 0.317 e. The van der Waals surface area contributed by atoms with Crippen molar-refractivity contribution in [2.75, 3.05) is 13.1 Å². The Labute approximate surface area is 102 Å². The average Bonchev–Trinajstić information content (AvgIpc) is 2.64. The molecule has 5 heteroatoms. The molecule has 100 valence electrons. The summed E-state index contributed by atoms with van der Waals surface area (Å²) < 4.78 is 25.6. The van der Waals surface area contributed by atoms with E-state index in [-0.39, 0.29) is 5.92 Å². The number of carbonyl (C=O) groups is 1. The van der Waals surface area contributed by atoms with Crippen LogP contribution < -0.4 is 0 Å². The maximum absolute atomic E-state index is 12.8. The molecular formula is C12H22F2N2O. The number of hydrogen-bond donors (Lipinski definition) is 0. The second kappa shape index (κ2) is 5.76. The third-order valence-electron chi connectivity index (χ3n) is 3.32. The van der Waals surface area contributed by atoms with E-state index in [0.29, 0.717) is 23.9 Å². The van der Waals surface area contributed by atoms with Gasteiger partial charge in [-0.25, -0.2) is 0 Å². The lowest BCUT2D eigenvalue weighted by molar-refractivity contribution is -0.152. The lowest BCUT2D eigenvalue weighted by Crippen LogP contribution is -2.45. The molecule has 0 saturated carbocycles. The Hall–Kier alpha value is -0.710. The monoisotopic (exact) mass is 248 g/mol. The van der Waals surface area contributed by atoms with E-state index in [4.69, 9.17) is 0 Å². The summed E-state index contributed by atoms with van der Waals surface area (Å²) in [4.78, 5) is 14.9. The smallest absolute Gasteiger partial charge is 0.300 e. The second-order valence-electron chi connectivity index (χ2n) is 5.19. The van der Waals surface area contributed by atoms with E-state index >= 15 is 0 Å². The van der Waals surface area contributed by atoms with Crippen molar-refractivity contribution < 1.29 is 13.6 Å². The minimum Gasteiger partial charge on any atom is -0.300 e. The largest absolute Gasteiger partial charge is 0.317 e. The van der Waals surface area contributed by atoms with Gasteiger partial charge in [0.15, 0.2) is 0 Å². The number of amides is 1. The number of likely N-dealkylation sites (tertiary alicyclic amines) is 1. The van der Waals surface area contributed by atoms with Crippen LogP contribution in [0, 0.1) is 5.92 Å². The summed E-state index contributed by atoms with van der Waals surface area (Å²) in [5.41, 5.74) is 0. The summed E-state index contributed by atoms with van der Waals surface area (Å²) in [7, 11) is 0. The lowest BCUT2D eigenvalue weighted by atomic mass is 10.1. The summed E-state index contributed by atoms with van der Waals surface area (Å²) in [6.07, 6.45) is 0.687. The van der Waals surface area contributed by atoms with Crippen molar-refractivity contribution in [2.45, 2.75) is 52.7 Å². The zero-order valence-electron chi connectivity index (χ0n) is 11.0. The van der Waals surface area contributed by atoms with Crippen molar-refractivity contribution >= 4 is 5.91 Å². The number of rotatable bonds is 4. The first-order chi connectivity index (χ1) is 7.84. The molecule has 0 aliphatic carbocycles. The maximum atomic E-state index is 12.8. The number of hydrogen-bond acceptors (Lipinski definition) is 2. The molecule has 17 heavy (non-hydrogen) atoms. The van der Waals surface area contributed by atoms with Gasteiger partial charge in [0.25, 0.3) is 0 Å². The molecule has 0 bridgehead atoms. The van der Waals surface area contributed by atoms with Gasteiger partial charge in [0.05, 0.1) is 5.92 Å². The van der Waals surface area contributed by atoms with Crippen LogP contribution in [0.4, 0.5) is 8.78 Å². The third kappa shape index (κ3) is 3.37. The van der Waals surface area contributed by atoms with E-state index in [9.17, 15) is 13.6 Å². The molecule has 0 aromatic rings. The molecule has 0 radical (unpaired) electrons. The minimum absolute atomic E-state index is 0.270. The molecule has 1 unspecified atom stereocenters. The lowest BCUT2D eigenvalue weighted by Gasteiger charge is -2.28. The zero-order chi connectivity index (χ0) is 13.2. The molecular weight excluding hydrogens is 226 g/mol. The van der Waals surface area contributed by atoms with Crippen LogP contribution in [0.25, 0.3) is 0 Å². The van der Waals surface area contributed by atoms with Crippen LogP contribution in [0.2, 0.25) is 0 Å². The van der Waals surface area contributed by atoms with Gasteiger partial charge >= 0.3 is 6.55 Å². The van der Waals surface area contributed by atoms with E-state index in [0.717, 1.165) is 6.54 Å². The second-order valence-corrected chi connectivity index (χ2v) is 5.19. The quantitative estimate of drug-likeness (QED) is 0.712. The summed E-state index contributed by atoms with van der Waals surface area (Å²) >= 11 is 0. The van der Waals surface area contributed by atoms with Crippen LogP contribution in [0.1, 0.15) is 34.1 Å². The first-order valence-electron chi connectivity index (χ1n) is 6.19. The van der Waals surface area contributed by atoms with E-state index in [2.05, 4.69) is 18.7 Å². The topological polar surface area (TPSA) is 23.6 Å². The zero-order valence-corrected chi connectivity index (χ0v) is 11.0. The Morgan fingerprint density at radius 1 is 1.29 bits per heavy atom. The highest BCUT2D eigenvalue weighted by Gasteiger charge is 2.36. The van der Waals surface area contributed by atoms with Crippen LogP contribution >= 0.6 is 0 Å². The molecule has 3 nitrogen and oxygen atoms in total. The standard InChI is InChI=1S/C12H22F2N2O/c1-8(2)15-6-5-10(7-15)11(17)16(9(3)4)12(13)14/h8-10,12H,5-7H2,1-4H3. The minimum atomic E-state index is -2.70. The molecule has 1 atom stereocenters. The van der Waals surface area contributed by atoms with E-state index < -0.39 is 18.5 Å². The molecule has 1 saturated heterocycles. The predicted molar refractivity (Wildman–Crippen MR) is 62.8 cm³/mol. The van der Waals surface area contributed by atoms with Crippen molar-refractivity contribution in [1.82, 2.24) is 9.80 Å². The van der Waals surface area contributed by atoms with Crippen molar-refractivity contribution in [3.63, 3.8) is 0 Å². The number of nitrogens with zero attached hydrogens (tertiary/aromatic N) is 2. The Morgan fingerprint density at radius 2 is 1.88 bits per heavy atom. The van der Waals surface area contributed by atoms with Crippen molar-refractivity contribution in [3.05, 3.63) is 0 Å². The molecule has 1 aliphatic rings. The van der Waals surface area contributed by atoms with Crippen LogP contribution in [0.5, 0.6) is 0 Å². The molecule has 1 fully saturated rings. The van der Waals surface area contributed by atoms with Crippen LogP contribution in [-0.2, 0) is 4.79 Å². The summed E-state index contributed by atoms with van der Waals surface area (Å²) in [5.74, 6) is -0.674. The highest BCUT2D eigenvalue weighted by molar-refractivity contribution is 5.79. The Bertz CT molecular complexity index is 261. The fourth-order valence-corrected chi connectivity index (χ4v) is 2.24. The molecule has 0 aromatic heterocycles. The average molecular weight is 248 g/mol. The normalized spacial score (nSPS) is 21.8. The van der Waals surface area contributed by atoms with Gasteiger partial charge in [-0.1, -0.05) is 0 Å². The molecule has 1 amide bonds. The van der Waals surface area contributed by atoms with Gasteiger partial charge in [0.1, 0.15) is 0 Å². The predicted octanol–water partition coefficient (Wildman–Crippen LogP) is 2.18. The fraction of sp³-hybridized carbons (Fsp3) is 0.917. The van der Waals surface area contributed by atoms with Crippen LogP contribution in [-0.4, -0.2) is 47.4 Å². The summed E-state index contributed by atoms with van der Waals surface area (Å²) in [6.45, 7) is 6.09. The van der Waals surface area contributed by atoms with Gasteiger partial charge in [0, 0.05) is 18.6 Å². The Morgan fingerprint density at radius 3 is 2.24 bits per heavy atom. The first kappa shape index (κ1) is 14.4. The van der Waals surface area contributed by atoms with Gasteiger partial charge in [-0.15, -0.1) is 0 Å². The number of carbonyl (C=O) groups excluding carboxylic acids is 1. The van der Waals surface area contributed by atoms with Crippen molar-refractivity contribution in [3.8, 4) is 0 Å². The molecule has 0 N–H and O–H groups in total. The molecule has 1 aliphatic heterocycles. The van der Waals surface area contributed by atoms with E-state index in [1.807, 2.05) is 0 Å². The van der Waals surface area contributed by atoms with E-state index in [1.54, 1.807) is 13.8 Å². The summed E-state index contributed by atoms with van der Waals surface area (Å²) in [5, 5.41) is 0. The fourth-order valence-electron chi connectivity index (χ4n) is 2.24. The third-order valence-corrected chi connectivity index (χ3v) is 3.32. The molecule has 1 rings (SSSR count). The highest BCUT2D eigenvalue weighted by atomic mass is 19.3. The van der Waals surface area contributed by atoms with Crippen LogP contribution in [0.15, 0.2) is 0 Å². The van der Waals surface area contributed by atoms with Gasteiger partial charge in [0.2, 0.25) is 5.91 Å². The van der Waals surface area contributed by atoms with Crippen molar-refractivity contribution in [2.24, 2.45) is 5.92 Å². The number of alkyl halides is 2. The Kier molecular flexibility index (Phi) is 4.86. The van der Waals surface area contributed by atoms with Gasteiger partial charge in [-0.2, -0.15) is 8.78 Å². The highest BCUT2D eigenvalue weighted by Crippen LogP contribution is 2.23. The van der Waals surface area contributed by atoms with Crippen LogP contribution in [0.3, 0.4) is 0 Å². The van der Waals surface area contributed by atoms with Gasteiger partial charge < -0.3 is 4.90 Å². The molecule has 0 aromatic carbocycles.